The van der Waals surface area contributed by atoms with Gasteiger partial charge in [-0.25, -0.2) is 4.90 Å². The molecule has 2 amide bonds. The maximum Gasteiger partial charge on any atom is 0.239 e. The average molecular weight is 588 g/mol. The Kier molecular flexibility index (Phi) is 3.89. The van der Waals surface area contributed by atoms with Crippen molar-refractivity contribution in [2.45, 2.75) is 8.65 Å². The Hall–Kier alpha value is -1.76. The van der Waals surface area contributed by atoms with Crippen LogP contribution in [0.3, 0.4) is 0 Å². The van der Waals surface area contributed by atoms with E-state index in [2.05, 4.69) is 72.1 Å². The number of anilines is 1. The van der Waals surface area contributed by atoms with E-state index in [1.807, 2.05) is 36.4 Å². The Labute approximate surface area is 198 Å². The van der Waals surface area contributed by atoms with Gasteiger partial charge in [0.25, 0.3) is 0 Å². The van der Waals surface area contributed by atoms with E-state index in [9.17, 15) is 9.59 Å². The molecule has 0 N–H and O–H groups in total. The normalized spacial score (nSPS) is 30.8. The van der Waals surface area contributed by atoms with E-state index < -0.39 is 20.5 Å². The number of imide groups is 1. The van der Waals surface area contributed by atoms with Crippen molar-refractivity contribution in [1.29, 1.82) is 0 Å². The zero-order valence-electron chi connectivity index (χ0n) is 15.5. The number of rotatable bonds is 1. The Bertz CT molecular complexity index is 1130. The number of hydrogen-bond acceptors (Lipinski definition) is 2. The van der Waals surface area contributed by atoms with Crippen LogP contribution in [0, 0.1) is 11.8 Å². The van der Waals surface area contributed by atoms with Crippen LogP contribution >= 0.6 is 47.8 Å². The summed E-state index contributed by atoms with van der Waals surface area (Å²) in [5.74, 6) is -1.43. The second-order valence-electron chi connectivity index (χ2n) is 7.96. The van der Waals surface area contributed by atoms with E-state index in [4.69, 9.17) is 0 Å². The molecule has 2 atom stereocenters. The van der Waals surface area contributed by atoms with Crippen molar-refractivity contribution in [3.63, 3.8) is 0 Å². The highest BCUT2D eigenvalue weighted by Crippen LogP contribution is 2.70. The second kappa shape index (κ2) is 6.15. The lowest BCUT2D eigenvalue weighted by molar-refractivity contribution is -0.122. The van der Waals surface area contributed by atoms with Crippen molar-refractivity contribution in [3.8, 4) is 0 Å². The molecule has 1 aliphatic heterocycles. The minimum Gasteiger partial charge on any atom is -0.274 e. The zero-order chi connectivity index (χ0) is 20.8. The van der Waals surface area contributed by atoms with E-state index in [0.717, 1.165) is 26.7 Å². The number of amides is 2. The van der Waals surface area contributed by atoms with Gasteiger partial charge in [0.15, 0.2) is 0 Å². The Morgan fingerprint density at radius 3 is 1.37 bits per heavy atom. The molecule has 0 spiro atoms. The first-order valence-corrected chi connectivity index (χ1v) is 12.0. The fourth-order valence-corrected chi connectivity index (χ4v) is 8.08. The van der Waals surface area contributed by atoms with E-state index in [0.29, 0.717) is 5.69 Å². The largest absolute Gasteiger partial charge is 0.274 e. The van der Waals surface area contributed by atoms with Crippen molar-refractivity contribution in [3.05, 3.63) is 99.5 Å². The minimum absolute atomic E-state index is 0.169. The predicted molar refractivity (Wildman–Crippen MR) is 126 cm³/mol. The topological polar surface area (TPSA) is 37.4 Å². The second-order valence-corrected chi connectivity index (χ2v) is 11.4. The van der Waals surface area contributed by atoms with Crippen LogP contribution in [0.15, 0.2) is 77.3 Å². The smallest absolute Gasteiger partial charge is 0.239 e. The molecule has 3 aliphatic carbocycles. The van der Waals surface area contributed by atoms with E-state index in [1.54, 1.807) is 12.1 Å². The first-order chi connectivity index (χ1) is 14.4. The third-order valence-electron chi connectivity index (χ3n) is 6.67. The van der Waals surface area contributed by atoms with E-state index >= 15 is 0 Å². The minimum atomic E-state index is -0.753. The summed E-state index contributed by atoms with van der Waals surface area (Å²) in [4.78, 5) is 29.0. The van der Waals surface area contributed by atoms with Gasteiger partial charge in [0.1, 0.15) is 0 Å². The molecule has 2 unspecified atom stereocenters. The Balaban J connectivity index is 1.66. The number of carbonyl (C=O) groups excluding carboxylic acids is 2. The molecule has 2 bridgehead atoms. The molecule has 0 aromatic heterocycles. The first-order valence-electron chi connectivity index (χ1n) is 9.61. The van der Waals surface area contributed by atoms with Gasteiger partial charge < -0.3 is 0 Å². The maximum atomic E-state index is 13.8. The lowest BCUT2D eigenvalue weighted by atomic mass is 9.54. The third kappa shape index (κ3) is 2.05. The molecule has 1 saturated heterocycles. The molecule has 6 heteroatoms. The van der Waals surface area contributed by atoms with Crippen LogP contribution in [-0.4, -0.2) is 11.8 Å². The summed E-state index contributed by atoms with van der Waals surface area (Å²) in [6.45, 7) is 0. The standard InChI is InChI=1S/C24H14Br3NO2/c25-13-9-11-14(12-10-13)28-21(29)19-20(22(28)30)24(27)16-6-2-1-5-15(16)23(19,26)17-7-3-4-8-18(17)24/h1-12,19-20H. The summed E-state index contributed by atoms with van der Waals surface area (Å²) >= 11 is 11.5. The number of nitrogens with zero attached hydrogens (tertiary/aromatic N) is 1. The van der Waals surface area contributed by atoms with Crippen LogP contribution in [0.2, 0.25) is 0 Å². The molecule has 0 radical (unpaired) electrons. The van der Waals surface area contributed by atoms with Crippen molar-refractivity contribution < 1.29 is 9.59 Å². The van der Waals surface area contributed by atoms with Crippen LogP contribution in [0.4, 0.5) is 5.69 Å². The highest BCUT2D eigenvalue weighted by molar-refractivity contribution is 9.10. The van der Waals surface area contributed by atoms with Gasteiger partial charge in [-0.05, 0) is 46.5 Å². The number of benzene rings is 3. The molecular formula is C24H14Br3NO2. The van der Waals surface area contributed by atoms with Crippen LogP contribution in [0.1, 0.15) is 22.3 Å². The molecule has 1 heterocycles. The summed E-state index contributed by atoms with van der Waals surface area (Å²) in [6, 6.07) is 23.5. The Morgan fingerprint density at radius 2 is 1.00 bits per heavy atom. The molecule has 1 fully saturated rings. The summed E-state index contributed by atoms with van der Waals surface area (Å²) in [5, 5.41) is 0. The Morgan fingerprint density at radius 1 is 0.633 bits per heavy atom. The summed E-state index contributed by atoms with van der Waals surface area (Å²) in [7, 11) is 0. The van der Waals surface area contributed by atoms with Crippen LogP contribution in [0.25, 0.3) is 0 Å². The highest BCUT2D eigenvalue weighted by atomic mass is 79.9. The summed E-state index contributed by atoms with van der Waals surface area (Å²) < 4.78 is -0.606. The van der Waals surface area contributed by atoms with Gasteiger partial charge in [-0.15, -0.1) is 0 Å². The van der Waals surface area contributed by atoms with Gasteiger partial charge in [-0.1, -0.05) is 96.3 Å². The SMILES string of the molecule is O=C1C2C(C(=O)N1c1ccc(Br)cc1)C1(Br)c3ccccc3C2(Br)c2ccccc21. The molecule has 3 aromatic carbocycles. The maximum absolute atomic E-state index is 13.8. The molecule has 30 heavy (non-hydrogen) atoms. The van der Waals surface area contributed by atoms with Crippen molar-refractivity contribution in [2.75, 3.05) is 4.90 Å². The van der Waals surface area contributed by atoms with Gasteiger partial charge in [0, 0.05) is 4.47 Å². The van der Waals surface area contributed by atoms with Crippen LogP contribution in [0.5, 0.6) is 0 Å². The fraction of sp³-hybridized carbons (Fsp3) is 0.167. The number of carbonyl (C=O) groups is 2. The van der Waals surface area contributed by atoms with Gasteiger partial charge in [-0.2, -0.15) is 0 Å². The fourth-order valence-electron chi connectivity index (χ4n) is 5.51. The lowest BCUT2D eigenvalue weighted by Gasteiger charge is -2.55. The number of alkyl halides is 2. The predicted octanol–water partition coefficient (Wildman–Crippen LogP) is 5.86. The van der Waals surface area contributed by atoms with Crippen LogP contribution in [-0.2, 0) is 18.2 Å². The monoisotopic (exact) mass is 585 g/mol. The molecule has 3 aromatic rings. The average Bonchev–Trinajstić information content (AvgIpc) is 3.04. The highest BCUT2D eigenvalue weighted by Gasteiger charge is 2.72. The summed E-state index contributed by atoms with van der Waals surface area (Å²) in [5.41, 5.74) is 4.77. The van der Waals surface area contributed by atoms with Gasteiger partial charge >= 0.3 is 0 Å². The number of hydrogen-bond donors (Lipinski definition) is 0. The van der Waals surface area contributed by atoms with E-state index in [-0.39, 0.29) is 11.8 Å². The van der Waals surface area contributed by atoms with Crippen molar-refractivity contribution >= 4 is 65.3 Å². The van der Waals surface area contributed by atoms with Gasteiger partial charge in [-0.3, -0.25) is 9.59 Å². The van der Waals surface area contributed by atoms with Crippen molar-refractivity contribution in [1.82, 2.24) is 0 Å². The van der Waals surface area contributed by atoms with Crippen molar-refractivity contribution in [2.24, 2.45) is 11.8 Å². The van der Waals surface area contributed by atoms with E-state index in [1.165, 1.54) is 4.90 Å². The molecule has 7 rings (SSSR count). The number of halogens is 3. The summed E-state index contributed by atoms with van der Waals surface area (Å²) in [6.07, 6.45) is 0. The molecular weight excluding hydrogens is 574 g/mol. The van der Waals surface area contributed by atoms with Crippen LogP contribution < -0.4 is 4.90 Å². The quantitative estimate of drug-likeness (QED) is 0.264. The van der Waals surface area contributed by atoms with Gasteiger partial charge in [0.2, 0.25) is 11.8 Å². The molecule has 3 nitrogen and oxygen atoms in total. The van der Waals surface area contributed by atoms with Gasteiger partial charge in [0.05, 0.1) is 26.2 Å². The molecule has 4 aliphatic rings. The molecule has 148 valence electrons. The lowest BCUT2D eigenvalue weighted by Crippen LogP contribution is -2.56. The first kappa shape index (κ1) is 19.0. The molecule has 0 saturated carbocycles. The zero-order valence-corrected chi connectivity index (χ0v) is 20.2. The third-order valence-corrected chi connectivity index (χ3v) is 9.89.